The summed E-state index contributed by atoms with van der Waals surface area (Å²) in [7, 11) is 1.38. The van der Waals surface area contributed by atoms with Crippen LogP contribution in [0.1, 0.15) is 48.3 Å². The molecule has 5 nitrogen and oxygen atoms in total. The van der Waals surface area contributed by atoms with Gasteiger partial charge in [0, 0.05) is 5.41 Å². The summed E-state index contributed by atoms with van der Waals surface area (Å²) in [6, 6.07) is 0. The fraction of sp³-hybridized carbons (Fsp3) is 0.727. The van der Waals surface area contributed by atoms with Crippen molar-refractivity contribution in [1.29, 1.82) is 0 Å². The van der Waals surface area contributed by atoms with Crippen LogP contribution in [0.2, 0.25) is 0 Å². The van der Waals surface area contributed by atoms with Crippen molar-refractivity contribution in [2.75, 3.05) is 7.11 Å². The van der Waals surface area contributed by atoms with Crippen molar-refractivity contribution in [2.24, 2.45) is 5.92 Å². The summed E-state index contributed by atoms with van der Waals surface area (Å²) in [6.45, 7) is 0. The van der Waals surface area contributed by atoms with Crippen LogP contribution in [0.3, 0.4) is 0 Å². The molecule has 2 bridgehead atoms. The smallest absolute Gasteiger partial charge is 0.360 e. The van der Waals surface area contributed by atoms with Crippen LogP contribution in [0.25, 0.3) is 0 Å². The first-order chi connectivity index (χ1) is 7.75. The van der Waals surface area contributed by atoms with Gasteiger partial charge in [0.25, 0.3) is 0 Å². The number of carbonyl (C=O) groups is 1. The van der Waals surface area contributed by atoms with E-state index in [0.717, 1.165) is 30.9 Å². The second-order valence-corrected chi connectivity index (χ2v) is 4.94. The van der Waals surface area contributed by atoms with Crippen molar-refractivity contribution in [3.05, 3.63) is 11.4 Å². The van der Waals surface area contributed by atoms with Gasteiger partial charge in [-0.25, -0.2) is 4.79 Å². The highest BCUT2D eigenvalue weighted by Gasteiger charge is 2.49. The van der Waals surface area contributed by atoms with Crippen molar-refractivity contribution < 1.29 is 9.53 Å². The van der Waals surface area contributed by atoms with E-state index in [0.29, 0.717) is 5.69 Å². The minimum atomic E-state index is -0.381. The van der Waals surface area contributed by atoms with E-state index in [-0.39, 0.29) is 11.4 Å². The summed E-state index contributed by atoms with van der Waals surface area (Å²) in [5.41, 5.74) is 1.31. The van der Waals surface area contributed by atoms with Gasteiger partial charge in [0.2, 0.25) is 0 Å². The first-order valence-corrected chi connectivity index (χ1v) is 5.75. The molecule has 0 aromatic carbocycles. The van der Waals surface area contributed by atoms with Crippen LogP contribution in [0, 0.1) is 5.92 Å². The Labute approximate surface area is 93.6 Å². The highest BCUT2D eigenvalue weighted by Crippen LogP contribution is 2.55. The summed E-state index contributed by atoms with van der Waals surface area (Å²) < 4.78 is 4.74. The Morgan fingerprint density at radius 3 is 2.75 bits per heavy atom. The number of rotatable bonds is 2. The van der Waals surface area contributed by atoms with Crippen molar-refractivity contribution in [2.45, 2.75) is 37.5 Å². The van der Waals surface area contributed by atoms with Gasteiger partial charge in [0.1, 0.15) is 5.69 Å². The molecule has 1 aromatic heterocycles. The lowest BCUT2D eigenvalue weighted by atomic mass is 9.80. The van der Waals surface area contributed by atoms with Crippen LogP contribution < -0.4 is 0 Å². The number of hydrogen-bond donors (Lipinski definition) is 1. The van der Waals surface area contributed by atoms with E-state index >= 15 is 0 Å². The van der Waals surface area contributed by atoms with Crippen LogP contribution in [0.15, 0.2) is 0 Å². The van der Waals surface area contributed by atoms with Gasteiger partial charge in [-0.3, -0.25) is 0 Å². The highest BCUT2D eigenvalue weighted by atomic mass is 16.5. The van der Waals surface area contributed by atoms with Gasteiger partial charge < -0.3 is 4.74 Å². The molecular formula is C11H15N3O2. The monoisotopic (exact) mass is 221 g/mol. The van der Waals surface area contributed by atoms with E-state index in [1.54, 1.807) is 0 Å². The Hall–Kier alpha value is -1.39. The topological polar surface area (TPSA) is 67.9 Å². The number of carbonyl (C=O) groups excluding carboxylic acids is 1. The molecule has 0 saturated heterocycles. The second-order valence-electron chi connectivity index (χ2n) is 4.94. The predicted molar refractivity (Wildman–Crippen MR) is 56.0 cm³/mol. The maximum atomic E-state index is 11.6. The molecule has 0 atom stereocenters. The number of esters is 1. The van der Waals surface area contributed by atoms with Crippen molar-refractivity contribution >= 4 is 5.97 Å². The van der Waals surface area contributed by atoms with Crippen molar-refractivity contribution in [1.82, 2.24) is 15.4 Å². The molecule has 0 amide bonds. The van der Waals surface area contributed by atoms with E-state index in [4.69, 9.17) is 4.74 Å². The van der Waals surface area contributed by atoms with Gasteiger partial charge in [-0.2, -0.15) is 10.3 Å². The number of fused-ring (bicyclic) bond motifs is 2. The summed E-state index contributed by atoms with van der Waals surface area (Å²) in [5, 5.41) is 10.7. The molecule has 0 unspecified atom stereocenters. The van der Waals surface area contributed by atoms with Crippen molar-refractivity contribution in [3.8, 4) is 0 Å². The third kappa shape index (κ3) is 1.20. The Bertz CT molecular complexity index is 419. The average molecular weight is 221 g/mol. The van der Waals surface area contributed by atoms with Gasteiger partial charge in [-0.15, -0.1) is 5.10 Å². The number of H-pyrrole nitrogens is 1. The largest absolute Gasteiger partial charge is 0.464 e. The Morgan fingerprint density at radius 2 is 2.19 bits per heavy atom. The number of hydrogen-bond acceptors (Lipinski definition) is 4. The molecule has 2 fully saturated rings. The molecule has 86 valence electrons. The van der Waals surface area contributed by atoms with Crippen LogP contribution in [0.4, 0.5) is 0 Å². The first kappa shape index (κ1) is 9.81. The lowest BCUT2D eigenvalue weighted by molar-refractivity contribution is 0.0590. The van der Waals surface area contributed by atoms with Crippen LogP contribution in [0.5, 0.6) is 0 Å². The molecule has 5 heteroatoms. The summed E-state index contributed by atoms with van der Waals surface area (Å²) >= 11 is 0. The van der Waals surface area contributed by atoms with Gasteiger partial charge in [0.15, 0.2) is 5.69 Å². The minimum Gasteiger partial charge on any atom is -0.464 e. The van der Waals surface area contributed by atoms with Gasteiger partial charge >= 0.3 is 5.97 Å². The number of nitrogens with one attached hydrogen (secondary N) is 1. The Morgan fingerprint density at radius 1 is 1.44 bits per heavy atom. The number of aromatic nitrogens is 3. The molecule has 2 saturated carbocycles. The van der Waals surface area contributed by atoms with E-state index in [9.17, 15) is 4.79 Å². The maximum absolute atomic E-state index is 11.6. The van der Waals surface area contributed by atoms with E-state index in [2.05, 4.69) is 15.4 Å². The summed E-state index contributed by atoms with van der Waals surface area (Å²) in [5.74, 6) is 0.440. The minimum absolute atomic E-state index is 0.0984. The molecular weight excluding hydrogens is 206 g/mol. The number of aromatic amines is 1. The lowest BCUT2D eigenvalue weighted by Gasteiger charge is -2.24. The molecule has 0 aliphatic heterocycles. The SMILES string of the molecule is COC(=O)c1n[nH]nc1C12CCC(CC1)C2. The molecule has 2 aliphatic carbocycles. The maximum Gasteiger partial charge on any atom is 0.360 e. The van der Waals surface area contributed by atoms with Crippen LogP contribution >= 0.6 is 0 Å². The zero-order valence-corrected chi connectivity index (χ0v) is 9.32. The van der Waals surface area contributed by atoms with Crippen molar-refractivity contribution in [3.63, 3.8) is 0 Å². The average Bonchev–Trinajstić information content (AvgIpc) is 3.02. The third-order valence-electron chi connectivity index (χ3n) is 4.17. The van der Waals surface area contributed by atoms with Gasteiger partial charge in [-0.1, -0.05) is 0 Å². The number of ether oxygens (including phenoxy) is 1. The van der Waals surface area contributed by atoms with Crippen LogP contribution in [-0.2, 0) is 10.2 Å². The normalized spacial score (nSPS) is 31.9. The van der Waals surface area contributed by atoms with E-state index in [1.165, 1.54) is 20.0 Å². The second kappa shape index (κ2) is 3.30. The van der Waals surface area contributed by atoms with Gasteiger partial charge in [-0.05, 0) is 38.0 Å². The van der Waals surface area contributed by atoms with Crippen LogP contribution in [-0.4, -0.2) is 28.5 Å². The zero-order chi connectivity index (χ0) is 11.2. The van der Waals surface area contributed by atoms with E-state index in [1.807, 2.05) is 0 Å². The van der Waals surface area contributed by atoms with E-state index < -0.39 is 0 Å². The molecule has 1 N–H and O–H groups in total. The quantitative estimate of drug-likeness (QED) is 0.767. The number of methoxy groups -OCH3 is 1. The molecule has 0 spiro atoms. The Balaban J connectivity index is 2.00. The fourth-order valence-corrected chi connectivity index (χ4v) is 3.36. The summed E-state index contributed by atoms with van der Waals surface area (Å²) in [4.78, 5) is 11.6. The lowest BCUT2D eigenvalue weighted by Crippen LogP contribution is -2.23. The Kier molecular flexibility index (Phi) is 2.02. The molecule has 2 aliphatic rings. The molecule has 16 heavy (non-hydrogen) atoms. The summed E-state index contributed by atoms with van der Waals surface area (Å²) in [6.07, 6.45) is 5.94. The number of nitrogens with zero attached hydrogens (tertiary/aromatic N) is 2. The standard InChI is InChI=1S/C11H15N3O2/c1-16-10(15)8-9(13-14-12-8)11-4-2-7(6-11)3-5-11/h7H,2-6H2,1H3,(H,12,13,14). The molecule has 3 rings (SSSR count). The highest BCUT2D eigenvalue weighted by molar-refractivity contribution is 5.88. The molecule has 1 heterocycles. The third-order valence-corrected chi connectivity index (χ3v) is 4.17. The molecule has 0 radical (unpaired) electrons. The molecule has 1 aromatic rings. The first-order valence-electron chi connectivity index (χ1n) is 5.75. The zero-order valence-electron chi connectivity index (χ0n) is 9.32. The van der Waals surface area contributed by atoms with Gasteiger partial charge in [0.05, 0.1) is 7.11 Å². The fourth-order valence-electron chi connectivity index (χ4n) is 3.36. The predicted octanol–water partition coefficient (Wildman–Crippen LogP) is 1.42.